The summed E-state index contributed by atoms with van der Waals surface area (Å²) >= 11 is 12.7. The molecule has 1 aliphatic carbocycles. The molecule has 1 aliphatic heterocycles. The van der Waals surface area contributed by atoms with Crippen LogP contribution in [0.15, 0.2) is 78.9 Å². The van der Waals surface area contributed by atoms with E-state index in [0.717, 1.165) is 55.6 Å². The fourth-order valence-corrected chi connectivity index (χ4v) is 6.82. The van der Waals surface area contributed by atoms with Crippen LogP contribution in [-0.4, -0.2) is 48.3 Å². The molecule has 1 N–H and O–H groups in total. The smallest absolute Gasteiger partial charge is 0.233 e. The summed E-state index contributed by atoms with van der Waals surface area (Å²) in [6, 6.07) is 26.0. The van der Waals surface area contributed by atoms with Gasteiger partial charge in [0.15, 0.2) is 0 Å². The Morgan fingerprint density at radius 3 is 2.17 bits per heavy atom. The van der Waals surface area contributed by atoms with E-state index in [2.05, 4.69) is 41.4 Å². The van der Waals surface area contributed by atoms with E-state index in [1.807, 2.05) is 60.5 Å². The van der Waals surface area contributed by atoms with Crippen molar-refractivity contribution in [3.05, 3.63) is 106 Å². The Hall–Kier alpha value is -2.86. The zero-order valence-electron chi connectivity index (χ0n) is 23.4. The van der Waals surface area contributed by atoms with Crippen LogP contribution in [0.4, 0.5) is 0 Å². The zero-order valence-corrected chi connectivity index (χ0v) is 24.9. The van der Waals surface area contributed by atoms with E-state index in [-0.39, 0.29) is 29.3 Å². The summed E-state index contributed by atoms with van der Waals surface area (Å²) in [6.45, 7) is 6.15. The van der Waals surface area contributed by atoms with Crippen molar-refractivity contribution < 1.29 is 9.59 Å². The Bertz CT molecular complexity index is 1360. The minimum atomic E-state index is -0.641. The molecule has 1 saturated carbocycles. The van der Waals surface area contributed by atoms with Crippen LogP contribution in [0.5, 0.6) is 0 Å². The minimum absolute atomic E-state index is 0.0145. The van der Waals surface area contributed by atoms with Crippen LogP contribution >= 0.6 is 23.2 Å². The number of nitrogens with zero attached hydrogens (tertiary/aromatic N) is 2. The molecule has 0 radical (unpaired) electrons. The van der Waals surface area contributed by atoms with Gasteiger partial charge in [0.2, 0.25) is 11.8 Å². The third kappa shape index (κ3) is 5.52. The van der Waals surface area contributed by atoms with Gasteiger partial charge in [-0.05, 0) is 60.9 Å². The van der Waals surface area contributed by atoms with E-state index in [1.54, 1.807) is 13.0 Å². The highest BCUT2D eigenvalue weighted by Crippen LogP contribution is 2.57. The summed E-state index contributed by atoms with van der Waals surface area (Å²) in [5.74, 6) is 0.257. The molecular formula is C33H37Cl2N3O2. The summed E-state index contributed by atoms with van der Waals surface area (Å²) in [6.07, 6.45) is 2.41. The van der Waals surface area contributed by atoms with Crippen LogP contribution in [0.3, 0.4) is 0 Å². The molecule has 5 rings (SSSR count). The van der Waals surface area contributed by atoms with E-state index >= 15 is 0 Å². The van der Waals surface area contributed by atoms with Crippen molar-refractivity contribution in [1.29, 1.82) is 0 Å². The Morgan fingerprint density at radius 1 is 0.950 bits per heavy atom. The van der Waals surface area contributed by atoms with Crippen LogP contribution in [-0.2, 0) is 20.5 Å². The standard InChI is InChI=1S/C33H37Cl2N3O2/c1-23(25-10-6-4-7-11-25)37(3)31(40)33(27-14-15-29(34)30(35)20-27)21-28(33)22-38-18-16-32(17-19-38,36-24(2)39)26-12-8-5-9-13-26/h4-15,20,23,28H,16-19,21-22H2,1-3H3,(H,36,39). The SMILES string of the molecule is CC(=O)NC1(c2ccccc2)CCN(CC2CC2(C(=O)N(C)C(C)c2ccccc2)c2ccc(Cl)c(Cl)c2)CC1. The molecule has 2 fully saturated rings. The molecular weight excluding hydrogens is 541 g/mol. The first-order valence-electron chi connectivity index (χ1n) is 14.0. The number of hydrogen-bond donors (Lipinski definition) is 1. The number of benzene rings is 3. The first-order chi connectivity index (χ1) is 19.2. The number of carbonyl (C=O) groups is 2. The lowest BCUT2D eigenvalue weighted by Gasteiger charge is -2.43. The molecule has 1 saturated heterocycles. The summed E-state index contributed by atoms with van der Waals surface area (Å²) in [5, 5.41) is 4.22. The second-order valence-electron chi connectivity index (χ2n) is 11.4. The number of hydrogen-bond acceptors (Lipinski definition) is 3. The maximum Gasteiger partial charge on any atom is 0.233 e. The molecule has 3 aromatic rings. The Balaban J connectivity index is 1.36. The van der Waals surface area contributed by atoms with Gasteiger partial charge in [0.05, 0.1) is 27.0 Å². The second-order valence-corrected chi connectivity index (χ2v) is 12.2. The average molecular weight is 579 g/mol. The van der Waals surface area contributed by atoms with E-state index in [4.69, 9.17) is 23.2 Å². The first-order valence-corrected chi connectivity index (χ1v) is 14.8. The van der Waals surface area contributed by atoms with E-state index in [1.165, 1.54) is 0 Å². The highest BCUT2D eigenvalue weighted by Gasteiger charge is 2.62. The Labute approximate surface area is 247 Å². The monoisotopic (exact) mass is 577 g/mol. The molecule has 3 aromatic carbocycles. The van der Waals surface area contributed by atoms with Gasteiger partial charge in [-0.1, -0.05) is 89.9 Å². The average Bonchev–Trinajstić information content (AvgIpc) is 3.69. The molecule has 2 aliphatic rings. The molecule has 40 heavy (non-hydrogen) atoms. The van der Waals surface area contributed by atoms with Crippen molar-refractivity contribution in [3.63, 3.8) is 0 Å². The highest BCUT2D eigenvalue weighted by molar-refractivity contribution is 6.42. The van der Waals surface area contributed by atoms with Crippen LogP contribution in [0, 0.1) is 5.92 Å². The number of carbonyl (C=O) groups excluding carboxylic acids is 2. The van der Waals surface area contributed by atoms with Gasteiger partial charge < -0.3 is 15.1 Å². The van der Waals surface area contributed by atoms with Crippen molar-refractivity contribution in [1.82, 2.24) is 15.1 Å². The van der Waals surface area contributed by atoms with Gasteiger partial charge in [0, 0.05) is 33.6 Å². The van der Waals surface area contributed by atoms with Crippen molar-refractivity contribution in [2.24, 2.45) is 5.92 Å². The fraction of sp³-hybridized carbons (Fsp3) is 0.394. The molecule has 2 amide bonds. The predicted molar refractivity (Wildman–Crippen MR) is 161 cm³/mol. The predicted octanol–water partition coefficient (Wildman–Crippen LogP) is 6.60. The lowest BCUT2D eigenvalue weighted by atomic mass is 9.80. The zero-order chi connectivity index (χ0) is 28.5. The Kier molecular flexibility index (Phi) is 8.28. The molecule has 3 unspecified atom stereocenters. The summed E-state index contributed by atoms with van der Waals surface area (Å²) in [5.41, 5.74) is 2.17. The van der Waals surface area contributed by atoms with E-state index < -0.39 is 5.41 Å². The fourth-order valence-electron chi connectivity index (χ4n) is 6.52. The molecule has 0 bridgehead atoms. The normalized spacial score (nSPS) is 22.8. The maximum atomic E-state index is 14.3. The molecule has 0 aromatic heterocycles. The molecule has 5 nitrogen and oxygen atoms in total. The topological polar surface area (TPSA) is 52.7 Å². The quantitative estimate of drug-likeness (QED) is 0.328. The molecule has 210 valence electrons. The summed E-state index contributed by atoms with van der Waals surface area (Å²) in [4.78, 5) is 30.8. The van der Waals surface area contributed by atoms with Crippen LogP contribution in [0.25, 0.3) is 0 Å². The van der Waals surface area contributed by atoms with Gasteiger partial charge in [0.1, 0.15) is 0 Å². The molecule has 0 spiro atoms. The number of nitrogens with one attached hydrogen (secondary N) is 1. The van der Waals surface area contributed by atoms with Gasteiger partial charge >= 0.3 is 0 Å². The van der Waals surface area contributed by atoms with Gasteiger partial charge in [-0.3, -0.25) is 9.59 Å². The van der Waals surface area contributed by atoms with Gasteiger partial charge in [-0.15, -0.1) is 0 Å². The number of likely N-dealkylation sites (N-methyl/N-ethyl adjacent to an activating group) is 1. The Morgan fingerprint density at radius 2 is 1.57 bits per heavy atom. The van der Waals surface area contributed by atoms with Crippen molar-refractivity contribution in [2.75, 3.05) is 26.7 Å². The first kappa shape index (κ1) is 28.7. The van der Waals surface area contributed by atoms with Gasteiger partial charge in [0.25, 0.3) is 0 Å². The molecule has 3 atom stereocenters. The number of likely N-dealkylation sites (tertiary alicyclic amines) is 1. The summed E-state index contributed by atoms with van der Waals surface area (Å²) < 4.78 is 0. The lowest BCUT2D eigenvalue weighted by molar-refractivity contribution is -0.135. The number of amides is 2. The minimum Gasteiger partial charge on any atom is -0.347 e. The number of piperidine rings is 1. The van der Waals surface area contributed by atoms with E-state index in [0.29, 0.717) is 10.0 Å². The third-order valence-electron chi connectivity index (χ3n) is 9.03. The molecule has 1 heterocycles. The van der Waals surface area contributed by atoms with Crippen LogP contribution in [0.2, 0.25) is 10.0 Å². The molecule has 7 heteroatoms. The number of rotatable bonds is 8. The second kappa shape index (κ2) is 11.6. The van der Waals surface area contributed by atoms with Crippen LogP contribution in [0.1, 0.15) is 55.8 Å². The number of halogens is 2. The van der Waals surface area contributed by atoms with Crippen molar-refractivity contribution >= 4 is 35.0 Å². The van der Waals surface area contributed by atoms with Crippen LogP contribution < -0.4 is 5.32 Å². The summed E-state index contributed by atoms with van der Waals surface area (Å²) in [7, 11) is 1.90. The maximum absolute atomic E-state index is 14.3. The lowest BCUT2D eigenvalue weighted by Crippen LogP contribution is -2.53. The van der Waals surface area contributed by atoms with Crippen molar-refractivity contribution in [2.45, 2.75) is 50.1 Å². The highest BCUT2D eigenvalue weighted by atomic mass is 35.5. The van der Waals surface area contributed by atoms with Gasteiger partial charge in [-0.2, -0.15) is 0 Å². The third-order valence-corrected chi connectivity index (χ3v) is 9.77. The van der Waals surface area contributed by atoms with Gasteiger partial charge in [-0.25, -0.2) is 0 Å². The van der Waals surface area contributed by atoms with Crippen molar-refractivity contribution in [3.8, 4) is 0 Å². The largest absolute Gasteiger partial charge is 0.347 e. The van der Waals surface area contributed by atoms with E-state index in [9.17, 15) is 9.59 Å².